The fraction of sp³-hybridized carbons (Fsp3) is 0.0833. The Morgan fingerprint density at radius 1 is 1.28 bits per heavy atom. The first-order chi connectivity index (χ1) is 8.38. The third-order valence-electron chi connectivity index (χ3n) is 2.48. The average Bonchev–Trinajstić information content (AvgIpc) is 2.77. The van der Waals surface area contributed by atoms with Crippen LogP contribution in [-0.2, 0) is 9.84 Å². The lowest BCUT2D eigenvalue weighted by Gasteiger charge is -2.04. The molecule has 0 saturated carbocycles. The number of aromatic nitrogens is 1. The van der Waals surface area contributed by atoms with E-state index in [1.54, 1.807) is 22.9 Å². The number of aromatic carboxylic acids is 1. The van der Waals surface area contributed by atoms with Crippen molar-refractivity contribution in [2.24, 2.45) is 0 Å². The summed E-state index contributed by atoms with van der Waals surface area (Å²) in [5.74, 6) is -1.02. The molecule has 0 saturated heterocycles. The maximum Gasteiger partial charge on any atom is 0.337 e. The molecular formula is C12H11NO4S. The van der Waals surface area contributed by atoms with E-state index in [1.165, 1.54) is 24.4 Å². The molecule has 0 radical (unpaired) electrons. The molecule has 1 heterocycles. The molecule has 0 aliphatic rings. The van der Waals surface area contributed by atoms with Gasteiger partial charge in [-0.05, 0) is 24.3 Å². The molecule has 94 valence electrons. The van der Waals surface area contributed by atoms with E-state index in [0.717, 1.165) is 6.26 Å². The summed E-state index contributed by atoms with van der Waals surface area (Å²) < 4.78 is 24.4. The van der Waals surface area contributed by atoms with Gasteiger partial charge in [-0.1, -0.05) is 6.07 Å². The average molecular weight is 265 g/mol. The van der Waals surface area contributed by atoms with Crippen LogP contribution in [0.2, 0.25) is 0 Å². The van der Waals surface area contributed by atoms with Crippen LogP contribution in [0.3, 0.4) is 0 Å². The SMILES string of the molecule is CS(=O)(=O)c1cccc(-n2ccc(C(=O)O)c2)c1. The van der Waals surface area contributed by atoms with Crippen LogP contribution in [0.5, 0.6) is 0 Å². The van der Waals surface area contributed by atoms with Gasteiger partial charge in [-0.2, -0.15) is 0 Å². The number of sulfone groups is 1. The lowest BCUT2D eigenvalue weighted by Crippen LogP contribution is -1.99. The molecule has 6 heteroatoms. The van der Waals surface area contributed by atoms with Gasteiger partial charge in [-0.3, -0.25) is 0 Å². The lowest BCUT2D eigenvalue weighted by molar-refractivity contribution is 0.0697. The van der Waals surface area contributed by atoms with Crippen molar-refractivity contribution in [2.75, 3.05) is 6.26 Å². The normalized spacial score (nSPS) is 11.4. The van der Waals surface area contributed by atoms with Gasteiger partial charge < -0.3 is 9.67 Å². The number of hydrogen-bond acceptors (Lipinski definition) is 3. The molecule has 0 bridgehead atoms. The zero-order valence-electron chi connectivity index (χ0n) is 9.57. The number of carboxylic acids is 1. The summed E-state index contributed by atoms with van der Waals surface area (Å²) >= 11 is 0. The van der Waals surface area contributed by atoms with Crippen LogP contribution in [-0.4, -0.2) is 30.3 Å². The van der Waals surface area contributed by atoms with E-state index >= 15 is 0 Å². The monoisotopic (exact) mass is 265 g/mol. The maximum absolute atomic E-state index is 11.4. The molecular weight excluding hydrogens is 254 g/mol. The van der Waals surface area contributed by atoms with Crippen molar-refractivity contribution in [3.63, 3.8) is 0 Å². The van der Waals surface area contributed by atoms with Gasteiger partial charge in [-0.15, -0.1) is 0 Å². The predicted molar refractivity (Wildman–Crippen MR) is 65.8 cm³/mol. The molecule has 5 nitrogen and oxygen atoms in total. The minimum atomic E-state index is -3.27. The Morgan fingerprint density at radius 2 is 2.00 bits per heavy atom. The first-order valence-electron chi connectivity index (χ1n) is 5.10. The van der Waals surface area contributed by atoms with Gasteiger partial charge in [0.05, 0.1) is 10.5 Å². The van der Waals surface area contributed by atoms with Crippen LogP contribution < -0.4 is 0 Å². The smallest absolute Gasteiger partial charge is 0.337 e. The number of carboxylic acid groups (broad SMARTS) is 1. The minimum absolute atomic E-state index is 0.153. The Kier molecular flexibility index (Phi) is 2.96. The van der Waals surface area contributed by atoms with Crippen molar-refractivity contribution >= 4 is 15.8 Å². The van der Waals surface area contributed by atoms with E-state index in [9.17, 15) is 13.2 Å². The summed E-state index contributed by atoms with van der Waals surface area (Å²) in [6.45, 7) is 0. The third kappa shape index (κ3) is 2.43. The van der Waals surface area contributed by atoms with Gasteiger partial charge in [0.25, 0.3) is 0 Å². The molecule has 0 amide bonds. The summed E-state index contributed by atoms with van der Waals surface area (Å²) in [6.07, 6.45) is 4.14. The molecule has 2 aromatic rings. The van der Waals surface area contributed by atoms with E-state index in [0.29, 0.717) is 5.69 Å². The van der Waals surface area contributed by atoms with E-state index in [2.05, 4.69) is 0 Å². The van der Waals surface area contributed by atoms with Gasteiger partial charge in [0.2, 0.25) is 0 Å². The predicted octanol–water partition coefficient (Wildman–Crippen LogP) is 1.58. The Hall–Kier alpha value is -2.08. The van der Waals surface area contributed by atoms with Crippen LogP contribution >= 0.6 is 0 Å². The Bertz CT molecular complexity index is 700. The topological polar surface area (TPSA) is 76.4 Å². The van der Waals surface area contributed by atoms with Gasteiger partial charge in [0.15, 0.2) is 9.84 Å². The van der Waals surface area contributed by atoms with E-state index in [-0.39, 0.29) is 10.5 Å². The van der Waals surface area contributed by atoms with Crippen LogP contribution in [0, 0.1) is 0 Å². The number of benzene rings is 1. The van der Waals surface area contributed by atoms with Crippen molar-refractivity contribution in [3.8, 4) is 5.69 Å². The summed E-state index contributed by atoms with van der Waals surface area (Å²) in [6, 6.07) is 7.78. The number of rotatable bonds is 3. The second-order valence-electron chi connectivity index (χ2n) is 3.88. The van der Waals surface area contributed by atoms with Gasteiger partial charge in [0, 0.05) is 24.3 Å². The van der Waals surface area contributed by atoms with Gasteiger partial charge in [0.1, 0.15) is 0 Å². The van der Waals surface area contributed by atoms with Crippen molar-refractivity contribution in [3.05, 3.63) is 48.3 Å². The van der Waals surface area contributed by atoms with Crippen molar-refractivity contribution in [1.29, 1.82) is 0 Å². The number of carbonyl (C=O) groups is 1. The zero-order valence-corrected chi connectivity index (χ0v) is 10.4. The second-order valence-corrected chi connectivity index (χ2v) is 5.90. The second kappa shape index (κ2) is 4.30. The highest BCUT2D eigenvalue weighted by molar-refractivity contribution is 7.90. The number of hydrogen-bond donors (Lipinski definition) is 1. The van der Waals surface area contributed by atoms with E-state index in [4.69, 9.17) is 5.11 Å². The van der Waals surface area contributed by atoms with Crippen molar-refractivity contribution in [1.82, 2.24) is 4.57 Å². The maximum atomic E-state index is 11.4. The fourth-order valence-electron chi connectivity index (χ4n) is 1.56. The van der Waals surface area contributed by atoms with E-state index < -0.39 is 15.8 Å². The van der Waals surface area contributed by atoms with Gasteiger partial charge in [-0.25, -0.2) is 13.2 Å². The highest BCUT2D eigenvalue weighted by atomic mass is 32.2. The first-order valence-corrected chi connectivity index (χ1v) is 6.99. The summed E-state index contributed by atoms with van der Waals surface area (Å²) in [7, 11) is -3.27. The largest absolute Gasteiger partial charge is 0.478 e. The molecule has 0 aliphatic heterocycles. The van der Waals surface area contributed by atoms with Crippen LogP contribution in [0.25, 0.3) is 5.69 Å². The van der Waals surface area contributed by atoms with Crippen molar-refractivity contribution in [2.45, 2.75) is 4.90 Å². The first kappa shape index (κ1) is 12.4. The summed E-state index contributed by atoms with van der Waals surface area (Å²) in [5, 5.41) is 8.82. The standard InChI is InChI=1S/C12H11NO4S/c1-18(16,17)11-4-2-3-10(7-11)13-6-5-9(8-13)12(14)15/h2-8H,1H3,(H,14,15). The lowest BCUT2D eigenvalue weighted by atomic mass is 10.3. The third-order valence-corrected chi connectivity index (χ3v) is 3.59. The van der Waals surface area contributed by atoms with E-state index in [1.807, 2.05) is 0 Å². The number of nitrogens with zero attached hydrogens (tertiary/aromatic N) is 1. The molecule has 0 fully saturated rings. The van der Waals surface area contributed by atoms with Crippen LogP contribution in [0.15, 0.2) is 47.6 Å². The highest BCUT2D eigenvalue weighted by Gasteiger charge is 2.09. The van der Waals surface area contributed by atoms with Gasteiger partial charge >= 0.3 is 5.97 Å². The molecule has 2 rings (SSSR count). The molecule has 1 aromatic heterocycles. The van der Waals surface area contributed by atoms with Crippen molar-refractivity contribution < 1.29 is 18.3 Å². The molecule has 0 atom stereocenters. The Balaban J connectivity index is 2.48. The molecule has 0 aliphatic carbocycles. The van der Waals surface area contributed by atoms with Crippen LogP contribution in [0.1, 0.15) is 10.4 Å². The Labute approximate surface area is 104 Å². The quantitative estimate of drug-likeness (QED) is 0.914. The zero-order chi connectivity index (χ0) is 13.3. The molecule has 0 unspecified atom stereocenters. The van der Waals surface area contributed by atoms with Crippen LogP contribution in [0.4, 0.5) is 0 Å². The molecule has 18 heavy (non-hydrogen) atoms. The highest BCUT2D eigenvalue weighted by Crippen LogP contribution is 2.16. The molecule has 1 N–H and O–H groups in total. The fourth-order valence-corrected chi connectivity index (χ4v) is 2.22. The summed E-state index contributed by atoms with van der Waals surface area (Å²) in [5.41, 5.74) is 0.755. The minimum Gasteiger partial charge on any atom is -0.478 e. The molecule has 1 aromatic carbocycles. The molecule has 0 spiro atoms. The Morgan fingerprint density at radius 3 is 2.56 bits per heavy atom. The summed E-state index contributed by atoms with van der Waals surface area (Å²) in [4.78, 5) is 11.0.